The number of rotatable bonds is 7. The van der Waals surface area contributed by atoms with E-state index < -0.39 is 0 Å². The van der Waals surface area contributed by atoms with Crippen LogP contribution in [0, 0.1) is 5.92 Å². The van der Waals surface area contributed by atoms with E-state index in [2.05, 4.69) is 0 Å². The highest BCUT2D eigenvalue weighted by Gasteiger charge is 2.12. The Hall–Kier alpha value is -0.370. The summed E-state index contributed by atoms with van der Waals surface area (Å²) in [5.41, 5.74) is 0. The van der Waals surface area contributed by atoms with Crippen LogP contribution in [-0.2, 0) is 9.53 Å². The van der Waals surface area contributed by atoms with Gasteiger partial charge in [0.1, 0.15) is 5.78 Å². The maximum atomic E-state index is 10.7. The fourth-order valence-electron chi connectivity index (χ4n) is 2.18. The lowest BCUT2D eigenvalue weighted by Crippen LogP contribution is -2.13. The Kier molecular flexibility index (Phi) is 6.66. The van der Waals surface area contributed by atoms with Gasteiger partial charge in [-0.1, -0.05) is 19.3 Å². The first-order chi connectivity index (χ1) is 7.29. The van der Waals surface area contributed by atoms with Gasteiger partial charge in [0.2, 0.25) is 0 Å². The second-order valence-electron chi connectivity index (χ2n) is 4.74. The minimum Gasteiger partial charge on any atom is -0.381 e. The average Bonchev–Trinajstić information content (AvgIpc) is 2.24. The topological polar surface area (TPSA) is 26.3 Å². The zero-order chi connectivity index (χ0) is 10.9. The zero-order valence-corrected chi connectivity index (χ0v) is 9.96. The van der Waals surface area contributed by atoms with Crippen LogP contribution in [0.15, 0.2) is 0 Å². The maximum Gasteiger partial charge on any atom is 0.129 e. The van der Waals surface area contributed by atoms with Gasteiger partial charge in [-0.15, -0.1) is 0 Å². The van der Waals surface area contributed by atoms with E-state index in [0.29, 0.717) is 12.2 Å². The molecule has 1 rings (SSSR count). The van der Waals surface area contributed by atoms with Gasteiger partial charge in [-0.3, -0.25) is 0 Å². The van der Waals surface area contributed by atoms with Crippen molar-refractivity contribution in [3.8, 4) is 0 Å². The minimum atomic E-state index is 0.294. The third kappa shape index (κ3) is 6.67. The normalized spacial score (nSPS) is 17.9. The van der Waals surface area contributed by atoms with Crippen LogP contribution in [0.25, 0.3) is 0 Å². The molecule has 15 heavy (non-hydrogen) atoms. The summed E-state index contributed by atoms with van der Waals surface area (Å²) in [6, 6.07) is 0. The molecule has 0 radical (unpaired) electrons. The number of hydrogen-bond donors (Lipinski definition) is 0. The number of Topliss-reactive ketones (excluding diaryl/α,β-unsaturated/α-hetero) is 1. The Labute approximate surface area is 93.4 Å². The van der Waals surface area contributed by atoms with Crippen LogP contribution < -0.4 is 0 Å². The van der Waals surface area contributed by atoms with E-state index in [0.717, 1.165) is 32.0 Å². The first-order valence-corrected chi connectivity index (χ1v) is 6.36. The molecule has 0 saturated heterocycles. The Morgan fingerprint density at radius 1 is 1.20 bits per heavy atom. The summed E-state index contributed by atoms with van der Waals surface area (Å²) in [5, 5.41) is 0. The van der Waals surface area contributed by atoms with E-state index in [9.17, 15) is 4.79 Å². The molecule has 0 bridgehead atoms. The van der Waals surface area contributed by atoms with Gasteiger partial charge in [-0.25, -0.2) is 0 Å². The number of carbonyl (C=O) groups is 1. The van der Waals surface area contributed by atoms with Crippen molar-refractivity contribution in [2.45, 2.75) is 58.3 Å². The Morgan fingerprint density at radius 2 is 1.93 bits per heavy atom. The van der Waals surface area contributed by atoms with E-state index >= 15 is 0 Å². The molecule has 0 amide bonds. The molecule has 0 aromatic carbocycles. The molecule has 0 aliphatic heterocycles. The summed E-state index contributed by atoms with van der Waals surface area (Å²) < 4.78 is 5.64. The van der Waals surface area contributed by atoms with Crippen LogP contribution in [0.5, 0.6) is 0 Å². The van der Waals surface area contributed by atoms with Crippen LogP contribution in [0.2, 0.25) is 0 Å². The molecule has 0 atom stereocenters. The van der Waals surface area contributed by atoms with Crippen LogP contribution in [-0.4, -0.2) is 19.0 Å². The van der Waals surface area contributed by atoms with Gasteiger partial charge in [-0.2, -0.15) is 0 Å². The van der Waals surface area contributed by atoms with E-state index in [4.69, 9.17) is 4.74 Å². The Morgan fingerprint density at radius 3 is 2.60 bits per heavy atom. The molecule has 0 aromatic heterocycles. The molecule has 1 fully saturated rings. The summed E-state index contributed by atoms with van der Waals surface area (Å²) in [7, 11) is 0. The van der Waals surface area contributed by atoms with Gasteiger partial charge in [0, 0.05) is 19.6 Å². The number of ether oxygens (including phenoxy) is 1. The van der Waals surface area contributed by atoms with Crippen molar-refractivity contribution in [2.24, 2.45) is 5.92 Å². The smallest absolute Gasteiger partial charge is 0.129 e. The van der Waals surface area contributed by atoms with Crippen molar-refractivity contribution in [1.29, 1.82) is 0 Å². The maximum absolute atomic E-state index is 10.7. The van der Waals surface area contributed by atoms with Gasteiger partial charge < -0.3 is 9.53 Å². The molecule has 1 aliphatic rings. The fourth-order valence-corrected chi connectivity index (χ4v) is 2.18. The fraction of sp³-hybridized carbons (Fsp3) is 0.923. The quantitative estimate of drug-likeness (QED) is 0.605. The van der Waals surface area contributed by atoms with Gasteiger partial charge >= 0.3 is 0 Å². The van der Waals surface area contributed by atoms with Gasteiger partial charge in [0.05, 0.1) is 0 Å². The van der Waals surface area contributed by atoms with Crippen molar-refractivity contribution in [3.63, 3.8) is 0 Å². The zero-order valence-electron chi connectivity index (χ0n) is 9.96. The van der Waals surface area contributed by atoms with E-state index in [-0.39, 0.29) is 0 Å². The number of ketones is 1. The van der Waals surface area contributed by atoms with Crippen molar-refractivity contribution in [2.75, 3.05) is 13.2 Å². The molecule has 2 nitrogen and oxygen atoms in total. The second-order valence-corrected chi connectivity index (χ2v) is 4.74. The predicted octanol–water partition coefficient (Wildman–Crippen LogP) is 3.34. The van der Waals surface area contributed by atoms with E-state index in [1.54, 1.807) is 6.92 Å². The molecule has 2 heteroatoms. The molecule has 0 N–H and O–H groups in total. The second kappa shape index (κ2) is 7.86. The molecule has 0 aromatic rings. The van der Waals surface area contributed by atoms with E-state index in [1.807, 2.05) is 0 Å². The molecule has 88 valence electrons. The van der Waals surface area contributed by atoms with Crippen LogP contribution in [0.3, 0.4) is 0 Å². The Bertz CT molecular complexity index is 171. The highest BCUT2D eigenvalue weighted by atomic mass is 16.5. The van der Waals surface area contributed by atoms with E-state index in [1.165, 1.54) is 32.1 Å². The van der Waals surface area contributed by atoms with Crippen LogP contribution >= 0.6 is 0 Å². The molecular weight excluding hydrogens is 188 g/mol. The van der Waals surface area contributed by atoms with Crippen molar-refractivity contribution in [3.05, 3.63) is 0 Å². The summed E-state index contributed by atoms with van der Waals surface area (Å²) >= 11 is 0. The SMILES string of the molecule is CC(=O)CCCCOCC1CCCCC1. The molecule has 1 saturated carbocycles. The van der Waals surface area contributed by atoms with Crippen molar-refractivity contribution >= 4 is 5.78 Å². The summed E-state index contributed by atoms with van der Waals surface area (Å²) in [5.74, 6) is 1.11. The van der Waals surface area contributed by atoms with Crippen molar-refractivity contribution < 1.29 is 9.53 Å². The highest BCUT2D eigenvalue weighted by molar-refractivity contribution is 5.75. The largest absolute Gasteiger partial charge is 0.381 e. The molecule has 0 unspecified atom stereocenters. The summed E-state index contributed by atoms with van der Waals surface area (Å²) in [6.45, 7) is 3.44. The predicted molar refractivity (Wildman–Crippen MR) is 61.9 cm³/mol. The first kappa shape index (κ1) is 12.7. The standard InChI is InChI=1S/C13H24O2/c1-12(14)7-5-6-10-15-11-13-8-3-2-4-9-13/h13H,2-11H2,1H3. The van der Waals surface area contributed by atoms with Crippen molar-refractivity contribution in [1.82, 2.24) is 0 Å². The summed E-state index contributed by atoms with van der Waals surface area (Å²) in [4.78, 5) is 10.7. The highest BCUT2D eigenvalue weighted by Crippen LogP contribution is 2.23. The summed E-state index contributed by atoms with van der Waals surface area (Å²) in [6.07, 6.45) is 9.63. The number of unbranched alkanes of at least 4 members (excludes halogenated alkanes) is 1. The molecule has 0 heterocycles. The molecular formula is C13H24O2. The lowest BCUT2D eigenvalue weighted by Gasteiger charge is -2.21. The van der Waals surface area contributed by atoms with Gasteiger partial charge in [-0.05, 0) is 38.5 Å². The average molecular weight is 212 g/mol. The monoisotopic (exact) mass is 212 g/mol. The Balaban J connectivity index is 1.85. The third-order valence-corrected chi connectivity index (χ3v) is 3.15. The molecule has 1 aliphatic carbocycles. The first-order valence-electron chi connectivity index (χ1n) is 6.36. The van der Waals surface area contributed by atoms with Crippen LogP contribution in [0.1, 0.15) is 58.3 Å². The lowest BCUT2D eigenvalue weighted by atomic mass is 9.90. The van der Waals surface area contributed by atoms with Crippen LogP contribution in [0.4, 0.5) is 0 Å². The van der Waals surface area contributed by atoms with Gasteiger partial charge in [0.15, 0.2) is 0 Å². The third-order valence-electron chi connectivity index (χ3n) is 3.15. The number of carbonyl (C=O) groups excluding carboxylic acids is 1. The molecule has 0 spiro atoms. The lowest BCUT2D eigenvalue weighted by molar-refractivity contribution is -0.117. The van der Waals surface area contributed by atoms with Gasteiger partial charge in [0.25, 0.3) is 0 Å². The minimum absolute atomic E-state index is 0.294. The number of hydrogen-bond acceptors (Lipinski definition) is 2.